The first-order valence-corrected chi connectivity index (χ1v) is 13.4. The molecule has 37 heavy (non-hydrogen) atoms. The number of halogens is 3. The topological polar surface area (TPSA) is 91.0 Å². The van der Waals surface area contributed by atoms with Gasteiger partial charge in [0.2, 0.25) is 5.91 Å². The lowest BCUT2D eigenvalue weighted by molar-refractivity contribution is -0.125. The minimum Gasteiger partial charge on any atom is -0.370 e. The van der Waals surface area contributed by atoms with Crippen LogP contribution in [0.15, 0.2) is 30.3 Å². The van der Waals surface area contributed by atoms with Crippen molar-refractivity contribution in [2.75, 3.05) is 43.1 Å². The van der Waals surface area contributed by atoms with E-state index in [-0.39, 0.29) is 55.2 Å². The average Bonchev–Trinajstić information content (AvgIpc) is 3.28. The Balaban J connectivity index is 1.52. The Bertz CT molecular complexity index is 1140. The van der Waals surface area contributed by atoms with Gasteiger partial charge in [0.05, 0.1) is 21.5 Å². The van der Waals surface area contributed by atoms with Gasteiger partial charge >= 0.3 is 0 Å². The molecule has 1 aromatic carbocycles. The van der Waals surface area contributed by atoms with Crippen molar-refractivity contribution in [3.8, 4) is 0 Å². The third-order valence-electron chi connectivity index (χ3n) is 6.67. The zero-order valence-electron chi connectivity index (χ0n) is 20.3. The van der Waals surface area contributed by atoms with Crippen molar-refractivity contribution in [3.63, 3.8) is 0 Å². The van der Waals surface area contributed by atoms with Crippen molar-refractivity contribution < 1.29 is 27.9 Å². The average molecular weight is 555 g/mol. The molecule has 2 aromatic rings. The molecule has 2 aliphatic rings. The lowest BCUT2D eigenvalue weighted by Crippen LogP contribution is -2.56. The first-order valence-electron chi connectivity index (χ1n) is 12.2. The predicted octanol–water partition coefficient (Wildman–Crippen LogP) is 4.31. The van der Waals surface area contributed by atoms with Gasteiger partial charge in [-0.2, -0.15) is 0 Å². The molecule has 2 N–H and O–H groups in total. The number of thiophene rings is 1. The molecular weight excluding hydrogens is 526 g/mol. The van der Waals surface area contributed by atoms with Crippen molar-refractivity contribution in [3.05, 3.63) is 45.1 Å². The fraction of sp³-hybridized carbons (Fsp3) is 0.480. The van der Waals surface area contributed by atoms with E-state index in [0.29, 0.717) is 15.8 Å². The Morgan fingerprint density at radius 2 is 2.05 bits per heavy atom. The maximum Gasteiger partial charge on any atom is 0.265 e. The standard InChI is InChI=1S/C25H29ClF2N4O4S/c1-2-31(16-4-3-5-16)19(13-29-25(35)20-8-9-21(26)37-20)24(34)30-15-6-7-18(17(12-15)23(27)28)32-10-11-36-14-22(32)33/h6-9,12,16,19,23H,2-5,10-11,13-14H2,1H3,(H,29,35)(H,30,34)/t19-/m0/s1. The molecule has 1 aliphatic carbocycles. The zero-order valence-corrected chi connectivity index (χ0v) is 21.9. The highest BCUT2D eigenvalue weighted by molar-refractivity contribution is 7.18. The van der Waals surface area contributed by atoms with Crippen molar-refractivity contribution in [2.24, 2.45) is 0 Å². The normalized spacial score (nSPS) is 17.1. The first-order chi connectivity index (χ1) is 17.8. The van der Waals surface area contributed by atoms with Crippen LogP contribution >= 0.6 is 22.9 Å². The maximum absolute atomic E-state index is 14.0. The van der Waals surface area contributed by atoms with Gasteiger partial charge in [-0.05, 0) is 49.7 Å². The molecule has 1 aliphatic heterocycles. The number of anilines is 2. The van der Waals surface area contributed by atoms with Crippen molar-refractivity contribution in [2.45, 2.75) is 44.7 Å². The molecule has 4 rings (SSSR count). The van der Waals surface area contributed by atoms with Gasteiger partial charge in [0, 0.05) is 30.4 Å². The highest BCUT2D eigenvalue weighted by atomic mass is 35.5. The second kappa shape index (κ2) is 12.3. The minimum atomic E-state index is -2.85. The number of nitrogens with one attached hydrogen (secondary N) is 2. The molecule has 1 atom stereocenters. The second-order valence-corrected chi connectivity index (χ2v) is 10.6. The summed E-state index contributed by atoms with van der Waals surface area (Å²) >= 11 is 7.08. The lowest BCUT2D eigenvalue weighted by Gasteiger charge is -2.41. The summed E-state index contributed by atoms with van der Waals surface area (Å²) in [5.74, 6) is -1.14. The number of amides is 3. The van der Waals surface area contributed by atoms with Gasteiger partial charge in [-0.25, -0.2) is 8.78 Å². The van der Waals surface area contributed by atoms with Crippen molar-refractivity contribution in [1.29, 1.82) is 0 Å². The summed E-state index contributed by atoms with van der Waals surface area (Å²) in [5.41, 5.74) is -0.0565. The van der Waals surface area contributed by atoms with E-state index in [2.05, 4.69) is 10.6 Å². The second-order valence-electron chi connectivity index (χ2n) is 8.91. The van der Waals surface area contributed by atoms with E-state index in [4.69, 9.17) is 16.3 Å². The van der Waals surface area contributed by atoms with E-state index >= 15 is 0 Å². The quantitative estimate of drug-likeness (QED) is 0.457. The molecule has 8 nitrogen and oxygen atoms in total. The van der Waals surface area contributed by atoms with Crippen LogP contribution in [0.3, 0.4) is 0 Å². The van der Waals surface area contributed by atoms with Gasteiger partial charge in [0.25, 0.3) is 18.2 Å². The molecule has 1 saturated heterocycles. The number of ether oxygens (including phenoxy) is 1. The molecule has 0 bridgehead atoms. The van der Waals surface area contributed by atoms with Crippen LogP contribution < -0.4 is 15.5 Å². The third kappa shape index (κ3) is 6.46. The zero-order chi connectivity index (χ0) is 26.5. The van der Waals surface area contributed by atoms with Crippen LogP contribution in [-0.4, -0.2) is 67.6 Å². The monoisotopic (exact) mass is 554 g/mol. The molecular formula is C25H29ClF2N4O4S. The Labute approximate surface area is 222 Å². The molecule has 2 fully saturated rings. The van der Waals surface area contributed by atoms with Crippen LogP contribution in [0.1, 0.15) is 47.8 Å². The van der Waals surface area contributed by atoms with E-state index in [1.54, 1.807) is 12.1 Å². The summed E-state index contributed by atoms with van der Waals surface area (Å²) in [6.45, 7) is 2.85. The number of nitrogens with zero attached hydrogens (tertiary/aromatic N) is 2. The smallest absolute Gasteiger partial charge is 0.265 e. The highest BCUT2D eigenvalue weighted by Gasteiger charge is 2.34. The summed E-state index contributed by atoms with van der Waals surface area (Å²) < 4.78 is 33.5. The van der Waals surface area contributed by atoms with Crippen LogP contribution in [0, 0.1) is 0 Å². The van der Waals surface area contributed by atoms with Crippen LogP contribution in [0.5, 0.6) is 0 Å². The first kappa shape index (κ1) is 27.4. The van der Waals surface area contributed by atoms with Crippen molar-refractivity contribution in [1.82, 2.24) is 10.2 Å². The largest absolute Gasteiger partial charge is 0.370 e. The van der Waals surface area contributed by atoms with Gasteiger partial charge in [-0.1, -0.05) is 24.9 Å². The molecule has 1 saturated carbocycles. The number of carbonyl (C=O) groups excluding carboxylic acids is 3. The molecule has 3 amide bonds. The number of morpholine rings is 1. The molecule has 200 valence electrons. The molecule has 12 heteroatoms. The Morgan fingerprint density at radius 1 is 1.27 bits per heavy atom. The van der Waals surface area contributed by atoms with E-state index in [9.17, 15) is 23.2 Å². The van der Waals surface area contributed by atoms with Gasteiger partial charge in [-0.3, -0.25) is 19.3 Å². The Hall–Kier alpha value is -2.60. The number of carbonyl (C=O) groups is 3. The summed E-state index contributed by atoms with van der Waals surface area (Å²) in [6.07, 6.45) is 0.111. The van der Waals surface area contributed by atoms with Gasteiger partial charge in [0.1, 0.15) is 12.6 Å². The van der Waals surface area contributed by atoms with Gasteiger partial charge in [-0.15, -0.1) is 11.3 Å². The number of hydrogen-bond donors (Lipinski definition) is 2. The summed E-state index contributed by atoms with van der Waals surface area (Å²) in [7, 11) is 0. The van der Waals surface area contributed by atoms with Crippen LogP contribution in [0.4, 0.5) is 20.2 Å². The number of alkyl halides is 2. The van der Waals surface area contributed by atoms with Gasteiger partial charge in [0.15, 0.2) is 0 Å². The van der Waals surface area contributed by atoms with E-state index in [1.165, 1.54) is 23.1 Å². The van der Waals surface area contributed by atoms with Gasteiger partial charge < -0.3 is 20.3 Å². The van der Waals surface area contributed by atoms with E-state index in [1.807, 2.05) is 11.8 Å². The minimum absolute atomic E-state index is 0.0482. The Kier molecular flexibility index (Phi) is 9.12. The number of likely N-dealkylation sites (N-methyl/N-ethyl adjacent to an activating group) is 1. The number of benzene rings is 1. The van der Waals surface area contributed by atoms with Crippen LogP contribution in [0.25, 0.3) is 0 Å². The number of hydrogen-bond acceptors (Lipinski definition) is 6. The predicted molar refractivity (Wildman–Crippen MR) is 139 cm³/mol. The fourth-order valence-corrected chi connectivity index (χ4v) is 5.54. The van der Waals surface area contributed by atoms with Crippen molar-refractivity contribution >= 4 is 52.0 Å². The lowest BCUT2D eigenvalue weighted by atomic mass is 9.90. The van der Waals surface area contributed by atoms with Crippen LogP contribution in [0.2, 0.25) is 4.34 Å². The number of rotatable bonds is 10. The molecule has 0 radical (unpaired) electrons. The highest BCUT2D eigenvalue weighted by Crippen LogP contribution is 2.33. The molecule has 2 heterocycles. The molecule has 0 spiro atoms. The van der Waals surface area contributed by atoms with E-state index < -0.39 is 24.3 Å². The SMILES string of the molecule is CCN(C1CCC1)[C@@H](CNC(=O)c1ccc(Cl)s1)C(=O)Nc1ccc(N2CCOCC2=O)c(C(F)F)c1. The van der Waals surface area contributed by atoms with Crippen LogP contribution in [-0.2, 0) is 14.3 Å². The molecule has 1 aromatic heterocycles. The van der Waals surface area contributed by atoms with E-state index in [0.717, 1.165) is 30.6 Å². The third-order valence-corrected chi connectivity index (χ3v) is 7.90. The summed E-state index contributed by atoms with van der Waals surface area (Å²) in [5, 5.41) is 5.57. The molecule has 0 unspecified atom stereocenters. The Morgan fingerprint density at radius 3 is 2.65 bits per heavy atom. The fourth-order valence-electron chi connectivity index (χ4n) is 4.58. The maximum atomic E-state index is 14.0. The summed E-state index contributed by atoms with van der Waals surface area (Å²) in [6, 6.07) is 6.88. The summed E-state index contributed by atoms with van der Waals surface area (Å²) in [4.78, 5) is 42.0.